The number of imide groups is 1. The fourth-order valence-electron chi connectivity index (χ4n) is 2.55. The molecule has 0 atom stereocenters. The van der Waals surface area contributed by atoms with E-state index in [1.54, 1.807) is 30.3 Å². The minimum atomic E-state index is -0.348. The van der Waals surface area contributed by atoms with Crippen molar-refractivity contribution < 1.29 is 9.59 Å². The van der Waals surface area contributed by atoms with E-state index in [-0.39, 0.29) is 17.4 Å². The molecule has 3 aromatic rings. The van der Waals surface area contributed by atoms with E-state index in [1.165, 1.54) is 0 Å². The summed E-state index contributed by atoms with van der Waals surface area (Å²) in [5.41, 5.74) is 1.36. The van der Waals surface area contributed by atoms with Crippen LogP contribution in [0, 0.1) is 6.92 Å². The van der Waals surface area contributed by atoms with Crippen molar-refractivity contribution in [1.82, 2.24) is 14.2 Å². The minimum absolute atomic E-state index is 0.263. The molecule has 7 nitrogen and oxygen atoms in total. The number of nitrogen functional groups attached to an aromatic ring is 1. The number of fused-ring (bicyclic) bond motifs is 2. The van der Waals surface area contributed by atoms with Crippen LogP contribution in [0.3, 0.4) is 0 Å². The maximum absolute atomic E-state index is 11.5. The number of carbonyl (C=O) groups excluding carboxylic acids is 2. The van der Waals surface area contributed by atoms with Crippen molar-refractivity contribution in [2.24, 2.45) is 0 Å². The highest BCUT2D eigenvalue weighted by atomic mass is 32.1. The van der Waals surface area contributed by atoms with Crippen molar-refractivity contribution in [2.45, 2.75) is 6.92 Å². The SMILES string of the molecule is Cc1nn(N)c(=O)c2ccccc12.O=C1c2ccccc2C(=O)N1S. The maximum Gasteiger partial charge on any atom is 0.293 e. The summed E-state index contributed by atoms with van der Waals surface area (Å²) in [7, 11) is 0. The van der Waals surface area contributed by atoms with Gasteiger partial charge in [-0.15, -0.1) is 4.79 Å². The zero-order valence-corrected chi connectivity index (χ0v) is 14.1. The Bertz CT molecular complexity index is 1030. The first kappa shape index (κ1) is 16.7. The van der Waals surface area contributed by atoms with Gasteiger partial charge < -0.3 is 5.84 Å². The van der Waals surface area contributed by atoms with Gasteiger partial charge in [-0.25, -0.2) is 4.31 Å². The van der Waals surface area contributed by atoms with E-state index in [2.05, 4.69) is 17.9 Å². The van der Waals surface area contributed by atoms with Crippen LogP contribution in [0.15, 0.2) is 53.3 Å². The number of rotatable bonds is 0. The van der Waals surface area contributed by atoms with E-state index < -0.39 is 0 Å². The lowest BCUT2D eigenvalue weighted by Crippen LogP contribution is -2.30. The molecule has 0 radical (unpaired) electrons. The number of aromatic nitrogens is 2. The smallest absolute Gasteiger partial charge is 0.293 e. The molecule has 0 saturated heterocycles. The molecule has 2 aromatic carbocycles. The maximum atomic E-state index is 11.5. The standard InChI is InChI=1S/C9H9N3O.C8H5NO2S/c1-6-7-4-2-3-5-8(7)9(13)12(10)11-6;10-7-5-3-1-2-4-6(5)8(11)9(7)12/h2-5H,10H2,1H3;1-4,12H. The number of carbonyl (C=O) groups is 2. The number of benzene rings is 2. The lowest BCUT2D eigenvalue weighted by molar-refractivity contribution is 0.0779. The normalized spacial score (nSPS) is 12.8. The summed E-state index contributed by atoms with van der Waals surface area (Å²) in [4.78, 5) is 34.8. The quantitative estimate of drug-likeness (QED) is 0.363. The Morgan fingerprint density at radius 3 is 1.92 bits per heavy atom. The van der Waals surface area contributed by atoms with E-state index in [0.717, 1.165) is 20.2 Å². The number of hydrogen-bond donors (Lipinski definition) is 2. The van der Waals surface area contributed by atoms with Crippen LogP contribution in [-0.4, -0.2) is 26.0 Å². The Labute approximate surface area is 148 Å². The zero-order chi connectivity index (χ0) is 18.1. The van der Waals surface area contributed by atoms with Crippen molar-refractivity contribution in [3.05, 3.63) is 75.7 Å². The first-order valence-electron chi connectivity index (χ1n) is 7.32. The van der Waals surface area contributed by atoms with Gasteiger partial charge in [-0.2, -0.15) is 5.10 Å². The molecule has 2 N–H and O–H groups in total. The van der Waals surface area contributed by atoms with Crippen molar-refractivity contribution in [3.8, 4) is 0 Å². The van der Waals surface area contributed by atoms with E-state index >= 15 is 0 Å². The van der Waals surface area contributed by atoms with Crippen LogP contribution < -0.4 is 11.4 Å². The van der Waals surface area contributed by atoms with Gasteiger partial charge in [0.2, 0.25) is 0 Å². The van der Waals surface area contributed by atoms with Gasteiger partial charge >= 0.3 is 0 Å². The van der Waals surface area contributed by atoms with Crippen LogP contribution in [0.4, 0.5) is 0 Å². The third kappa shape index (κ3) is 2.87. The Hall–Kier alpha value is -3.13. The van der Waals surface area contributed by atoms with Crippen LogP contribution in [0.25, 0.3) is 10.8 Å². The minimum Gasteiger partial charge on any atom is -0.320 e. The number of nitrogens with two attached hydrogens (primary N) is 1. The highest BCUT2D eigenvalue weighted by Gasteiger charge is 2.32. The van der Waals surface area contributed by atoms with Crippen molar-refractivity contribution in [2.75, 3.05) is 5.84 Å². The van der Waals surface area contributed by atoms with Gasteiger partial charge in [0.25, 0.3) is 17.4 Å². The summed E-state index contributed by atoms with van der Waals surface area (Å²) in [5.74, 6) is 4.68. The summed E-state index contributed by atoms with van der Waals surface area (Å²) in [5, 5.41) is 5.35. The Balaban J connectivity index is 0.000000146. The van der Waals surface area contributed by atoms with Crippen LogP contribution in [0.5, 0.6) is 0 Å². The predicted octanol–water partition coefficient (Wildman–Crippen LogP) is 1.55. The second kappa shape index (κ2) is 6.40. The molecular weight excluding hydrogens is 340 g/mol. The van der Waals surface area contributed by atoms with E-state index in [4.69, 9.17) is 5.84 Å². The Morgan fingerprint density at radius 1 is 0.880 bits per heavy atom. The van der Waals surface area contributed by atoms with Gasteiger partial charge in [-0.05, 0) is 25.1 Å². The van der Waals surface area contributed by atoms with Crippen LogP contribution in [0.1, 0.15) is 26.4 Å². The highest BCUT2D eigenvalue weighted by molar-refractivity contribution is 7.79. The van der Waals surface area contributed by atoms with Crippen LogP contribution in [0.2, 0.25) is 0 Å². The third-order valence-electron chi connectivity index (χ3n) is 3.79. The summed E-state index contributed by atoms with van der Waals surface area (Å²) < 4.78 is 0.824. The summed E-state index contributed by atoms with van der Waals surface area (Å²) in [6.45, 7) is 1.82. The second-order valence-corrected chi connectivity index (χ2v) is 5.75. The second-order valence-electron chi connectivity index (χ2n) is 5.35. The Kier molecular flexibility index (Phi) is 4.28. The number of aryl methyl sites for hydroxylation is 1. The number of amides is 2. The molecule has 2 heterocycles. The number of thiol groups is 1. The molecule has 25 heavy (non-hydrogen) atoms. The summed E-state index contributed by atoms with van der Waals surface area (Å²) in [6, 6.07) is 14.0. The van der Waals surface area contributed by atoms with E-state index in [1.807, 2.05) is 25.1 Å². The topological polar surface area (TPSA) is 98.3 Å². The molecule has 0 saturated carbocycles. The first-order valence-corrected chi connectivity index (χ1v) is 7.72. The third-order valence-corrected chi connectivity index (χ3v) is 4.15. The van der Waals surface area contributed by atoms with E-state index in [0.29, 0.717) is 16.5 Å². The highest BCUT2D eigenvalue weighted by Crippen LogP contribution is 2.23. The average molecular weight is 354 g/mol. The molecular formula is C17H14N4O3S. The lowest BCUT2D eigenvalue weighted by atomic mass is 10.1. The molecule has 4 rings (SSSR count). The number of hydrogen-bond acceptors (Lipinski definition) is 6. The average Bonchev–Trinajstić information content (AvgIpc) is 2.85. The summed E-state index contributed by atoms with van der Waals surface area (Å²) in [6.07, 6.45) is 0. The summed E-state index contributed by atoms with van der Waals surface area (Å²) >= 11 is 3.76. The fourth-order valence-corrected chi connectivity index (χ4v) is 2.76. The molecule has 1 aliphatic heterocycles. The van der Waals surface area contributed by atoms with Crippen molar-refractivity contribution in [3.63, 3.8) is 0 Å². The van der Waals surface area contributed by atoms with Gasteiger partial charge in [0.05, 0.1) is 22.2 Å². The molecule has 2 amide bonds. The molecule has 0 bridgehead atoms. The monoisotopic (exact) mass is 354 g/mol. The van der Waals surface area contributed by atoms with Crippen LogP contribution in [-0.2, 0) is 0 Å². The molecule has 1 aliphatic rings. The number of nitrogens with zero attached hydrogens (tertiary/aromatic N) is 3. The fraction of sp³-hybridized carbons (Fsp3) is 0.0588. The molecule has 8 heteroatoms. The molecule has 1 aromatic heterocycles. The predicted molar refractivity (Wildman–Crippen MR) is 96.8 cm³/mol. The Morgan fingerprint density at radius 2 is 1.36 bits per heavy atom. The van der Waals surface area contributed by atoms with Gasteiger partial charge in [0, 0.05) is 5.39 Å². The van der Waals surface area contributed by atoms with Gasteiger partial charge in [-0.1, -0.05) is 43.1 Å². The molecule has 0 aliphatic carbocycles. The van der Waals surface area contributed by atoms with Gasteiger partial charge in [-0.3, -0.25) is 14.4 Å². The first-order chi connectivity index (χ1) is 11.9. The zero-order valence-electron chi connectivity index (χ0n) is 13.2. The lowest BCUT2D eigenvalue weighted by Gasteiger charge is -2.02. The van der Waals surface area contributed by atoms with Gasteiger partial charge in [0.1, 0.15) is 0 Å². The molecule has 126 valence electrons. The largest absolute Gasteiger partial charge is 0.320 e. The molecule has 0 unspecified atom stereocenters. The van der Waals surface area contributed by atoms with Crippen LogP contribution >= 0.6 is 12.8 Å². The molecule has 0 spiro atoms. The van der Waals surface area contributed by atoms with Crippen molar-refractivity contribution in [1.29, 1.82) is 0 Å². The van der Waals surface area contributed by atoms with Gasteiger partial charge in [0.15, 0.2) is 0 Å². The van der Waals surface area contributed by atoms with E-state index in [9.17, 15) is 14.4 Å². The van der Waals surface area contributed by atoms with Crippen molar-refractivity contribution >= 4 is 35.4 Å². The molecule has 0 fully saturated rings.